The van der Waals surface area contributed by atoms with E-state index in [1.54, 1.807) is 100 Å². The second kappa shape index (κ2) is 47.3. The van der Waals surface area contributed by atoms with E-state index >= 15 is 0 Å². The van der Waals surface area contributed by atoms with Crippen LogP contribution in [0.5, 0.6) is 5.75 Å². The highest BCUT2D eigenvalue weighted by Gasteiger charge is 2.46. The van der Waals surface area contributed by atoms with Crippen LogP contribution >= 0.6 is 0 Å². The van der Waals surface area contributed by atoms with Crippen molar-refractivity contribution >= 4 is 87.2 Å². The number of aliphatic hydroxyl groups excluding tert-OH is 2. The number of hydrogen-bond acceptors (Lipinski definition) is 17. The molecule has 4 fully saturated rings. The minimum atomic E-state index is -1.13. The maximum atomic E-state index is 14.7. The van der Waals surface area contributed by atoms with Crippen LogP contribution in [-0.4, -0.2) is 204 Å². The van der Waals surface area contributed by atoms with Gasteiger partial charge < -0.3 is 60.2 Å². The molecule has 0 spiro atoms. The highest BCUT2D eigenvalue weighted by Crippen LogP contribution is 2.40. The number of aromatic nitrogens is 4. The number of carbonyl (C=O) groups is 10. The fraction of sp³-hybridized carbons (Fsp3) is 0.422. The summed E-state index contributed by atoms with van der Waals surface area (Å²) < 4.78 is 10.8. The van der Waals surface area contributed by atoms with Crippen molar-refractivity contribution in [3.05, 3.63) is 284 Å². The summed E-state index contributed by atoms with van der Waals surface area (Å²) >= 11 is 0. The molecule has 0 bridgehead atoms. The van der Waals surface area contributed by atoms with E-state index in [0.29, 0.717) is 117 Å². The third kappa shape index (κ3) is 27.0. The zero-order valence-electron chi connectivity index (χ0n) is 81.5. The van der Waals surface area contributed by atoms with Crippen LogP contribution in [0.4, 0.5) is 21.9 Å². The van der Waals surface area contributed by atoms with Gasteiger partial charge in [0.05, 0.1) is 32.4 Å². The Morgan fingerprint density at radius 3 is 1.15 bits per heavy atom. The van der Waals surface area contributed by atoms with Gasteiger partial charge in [0.1, 0.15) is 47.6 Å². The second-order valence-electron chi connectivity index (χ2n) is 39.5. The number of aliphatic hydroxyl groups is 2. The van der Waals surface area contributed by atoms with Crippen molar-refractivity contribution in [1.82, 2.24) is 55.5 Å². The number of para-hydroxylation sites is 1. The van der Waals surface area contributed by atoms with Gasteiger partial charge in [-0.05, 0) is 239 Å². The lowest BCUT2D eigenvalue weighted by atomic mass is 9.87. The van der Waals surface area contributed by atoms with Gasteiger partial charge in [-0.25, -0.2) is 4.79 Å². The van der Waals surface area contributed by atoms with Crippen LogP contribution in [0, 0.1) is 0 Å². The third-order valence-corrected chi connectivity index (χ3v) is 25.4. The Morgan fingerprint density at radius 2 is 0.818 bits per heavy atom. The molecule has 8 heterocycles. The van der Waals surface area contributed by atoms with Crippen molar-refractivity contribution in [2.24, 2.45) is 0 Å². The smallest absolute Gasteiger partial charge is 0.410 e. The molecule has 726 valence electrons. The van der Waals surface area contributed by atoms with Gasteiger partial charge in [0.15, 0.2) is 0 Å². The van der Waals surface area contributed by atoms with Gasteiger partial charge in [0, 0.05) is 127 Å². The number of amides is 10. The molecule has 137 heavy (non-hydrogen) atoms. The summed E-state index contributed by atoms with van der Waals surface area (Å²) in [4.78, 5) is 166. The van der Waals surface area contributed by atoms with E-state index in [1.165, 1.54) is 32.9 Å². The van der Waals surface area contributed by atoms with Crippen LogP contribution in [0.3, 0.4) is 0 Å². The number of benzene rings is 5. The summed E-state index contributed by atoms with van der Waals surface area (Å²) in [5.74, 6) is -2.58. The number of nitrogens with one attached hydrogen (secondary N) is 4. The van der Waals surface area contributed by atoms with Crippen molar-refractivity contribution in [2.75, 3.05) is 67.7 Å². The topological polar surface area (TPSA) is 343 Å². The quantitative estimate of drug-likeness (QED) is 0.0248. The van der Waals surface area contributed by atoms with E-state index in [0.717, 1.165) is 77.2 Å². The van der Waals surface area contributed by atoms with E-state index < -0.39 is 65.8 Å². The molecule has 5 aromatic carbocycles. The molecule has 4 aliphatic rings. The summed E-state index contributed by atoms with van der Waals surface area (Å²) in [6.45, 7) is 37.0. The summed E-state index contributed by atoms with van der Waals surface area (Å²) in [6.07, 6.45) is 22.7. The molecule has 9 aromatic rings. The van der Waals surface area contributed by atoms with E-state index in [2.05, 4.69) is 118 Å². The van der Waals surface area contributed by atoms with Crippen LogP contribution in [0.25, 0.3) is 10.9 Å². The summed E-state index contributed by atoms with van der Waals surface area (Å²) in [7, 11) is 1.59. The average molecular weight is 1870 g/mol. The Hall–Kier alpha value is -13.5. The van der Waals surface area contributed by atoms with E-state index in [-0.39, 0.29) is 82.9 Å². The lowest BCUT2D eigenvalue weighted by molar-refractivity contribution is -0.138. The predicted molar refractivity (Wildman–Crippen MR) is 533 cm³/mol. The van der Waals surface area contributed by atoms with E-state index in [4.69, 9.17) is 9.47 Å². The Labute approximate surface area is 805 Å². The fourth-order valence-electron chi connectivity index (χ4n) is 17.9. The van der Waals surface area contributed by atoms with Crippen molar-refractivity contribution in [3.8, 4) is 5.75 Å². The number of likely N-dealkylation sites (tertiary alicyclic amines) is 4. The fourth-order valence-corrected chi connectivity index (χ4v) is 17.9. The molecule has 28 heteroatoms. The van der Waals surface area contributed by atoms with Crippen molar-refractivity contribution < 1.29 is 67.6 Å². The maximum absolute atomic E-state index is 14.7. The van der Waals surface area contributed by atoms with Crippen molar-refractivity contribution in [1.29, 1.82) is 0 Å². The summed E-state index contributed by atoms with van der Waals surface area (Å²) in [5.41, 5.74) is 8.27. The first kappa shape index (κ1) is 104. The normalized spacial score (nSPS) is 17.0. The SMILES string of the molecule is C=CC(=O)N1CCCCC1C(=O)N(c1ccc(C(C)(C)C)cc1)C(C(=O)NC(CO)Cc1c[nH]c2ccccc12)c1cccnc1.C=CC(=O)N1CCCCC1C(=O)N(c1ccc(C(C)(C)C)cc1)C(C(=O)NC(CO)Cc1ccc(OC)cc1)c1cccnc1.C=CC(=O)N1CCCCC1C(=O)N(c1ccc(C(C)(C)C)cc1)C(C(=O)NC1CCN(C(=O)OC(C)(C)C)CC1)c1cccnc1. The monoisotopic (exact) mass is 1870 g/mol. The number of pyridine rings is 3. The van der Waals surface area contributed by atoms with Crippen LogP contribution in [0.1, 0.15) is 216 Å². The van der Waals surface area contributed by atoms with Gasteiger partial charge in [-0.2, -0.15) is 0 Å². The number of ether oxygens (including phenoxy) is 2. The first-order valence-corrected chi connectivity index (χ1v) is 47.5. The molecule has 4 saturated heterocycles. The lowest BCUT2D eigenvalue weighted by Gasteiger charge is -2.40. The van der Waals surface area contributed by atoms with E-state index in [9.17, 15) is 58.2 Å². The second-order valence-corrected chi connectivity index (χ2v) is 39.5. The first-order valence-electron chi connectivity index (χ1n) is 47.5. The molecule has 0 aliphatic carbocycles. The Morgan fingerprint density at radius 1 is 0.453 bits per heavy atom. The summed E-state index contributed by atoms with van der Waals surface area (Å²) in [6, 6.07) is 41.7. The van der Waals surface area contributed by atoms with Gasteiger partial charge in [-0.1, -0.05) is 167 Å². The first-order chi connectivity index (χ1) is 65.4. The van der Waals surface area contributed by atoms with Crippen molar-refractivity contribution in [3.63, 3.8) is 0 Å². The number of nitrogens with zero attached hydrogens (tertiary/aromatic N) is 10. The zero-order chi connectivity index (χ0) is 99.1. The molecule has 4 aliphatic heterocycles. The largest absolute Gasteiger partial charge is 0.497 e. The number of hydrogen-bond donors (Lipinski definition) is 6. The van der Waals surface area contributed by atoms with Crippen LogP contribution < -0.4 is 35.4 Å². The molecule has 0 radical (unpaired) electrons. The molecular formula is C109H136N14O14. The van der Waals surface area contributed by atoms with Gasteiger partial charge in [0.2, 0.25) is 35.4 Å². The van der Waals surface area contributed by atoms with Crippen LogP contribution in [-0.2, 0) is 77.0 Å². The van der Waals surface area contributed by atoms with Gasteiger partial charge >= 0.3 is 6.09 Å². The van der Waals surface area contributed by atoms with Crippen molar-refractivity contribution in [2.45, 2.75) is 243 Å². The molecule has 4 aromatic heterocycles. The summed E-state index contributed by atoms with van der Waals surface area (Å²) in [5, 5.41) is 30.9. The van der Waals surface area contributed by atoms with Crippen LogP contribution in [0.2, 0.25) is 0 Å². The number of H-pyrrole nitrogens is 1. The average Bonchev–Trinajstić information content (AvgIpc) is 1.12. The maximum Gasteiger partial charge on any atom is 0.410 e. The van der Waals surface area contributed by atoms with Gasteiger partial charge in [0.25, 0.3) is 17.7 Å². The zero-order valence-corrected chi connectivity index (χ0v) is 81.5. The minimum Gasteiger partial charge on any atom is -0.497 e. The number of fused-ring (bicyclic) bond motifs is 1. The highest BCUT2D eigenvalue weighted by atomic mass is 16.6. The van der Waals surface area contributed by atoms with E-state index in [1.807, 2.05) is 148 Å². The van der Waals surface area contributed by atoms with Crippen LogP contribution in [0.15, 0.2) is 239 Å². The lowest BCUT2D eigenvalue weighted by Crippen LogP contribution is -2.56. The minimum absolute atomic E-state index is 0.113. The predicted octanol–water partition coefficient (Wildman–Crippen LogP) is 15.5. The Balaban J connectivity index is 0.000000197. The Kier molecular flexibility index (Phi) is 35.9. The number of piperidine rings is 4. The molecule has 8 unspecified atom stereocenters. The number of methoxy groups -OCH3 is 1. The number of carbonyl (C=O) groups excluding carboxylic acids is 10. The molecule has 28 nitrogen and oxygen atoms in total. The number of aromatic amines is 1. The highest BCUT2D eigenvalue weighted by molar-refractivity contribution is 6.08. The number of rotatable bonds is 28. The Bertz CT molecular complexity index is 5610. The molecule has 13 rings (SSSR count). The standard InChI is InChI=1S/C37H43N5O4.C36H49N5O5.C36H44N4O5/c1-5-33(44)41-20-9-8-14-32(41)36(46)42(29-17-15-27(16-18-29)37(2,3)4)34(25-11-10-19-38-22-25)35(45)40-28(24-43)21-26-23-39-31-13-7-6-12-30(26)31;1-8-30(42)40-21-10-9-13-29(40)33(44)41(28-16-14-26(15-17-28)35(2,3)4)31(25-12-11-20-37-24-25)32(43)38-27-18-22-39(23-19-27)34(45)46-36(5,6)7;1-6-32(42)39-21-8-7-11-31(39)35(44)40(29-16-14-27(15-17-29)36(2,3)4)33(26-10-9-20-37-23-26)34(43)38-28(24-41)22-25-12-18-30(45-5)19-13-25/h5-7,10-13,15-19,22-23,28,32,34,39,43H,1,8-9,14,20-21,24H2,2-4H3,(H,40,45);8,11-12,14-17,20,24,27,29,31H,1,9-10,13,18-19,21-23H2,2-7H3,(H,38,43);6,9-10,12-20,23,28,31,33,41H,1,7-8,11,21-22,24H2,2-5H3,(H,38,43). The van der Waals surface area contributed by atoms with Gasteiger partial charge in [-0.3, -0.25) is 72.8 Å². The molecule has 10 amide bonds. The number of anilines is 3. The molecule has 6 N–H and O–H groups in total. The molecule has 0 saturated carbocycles. The van der Waals surface area contributed by atoms with Gasteiger partial charge in [-0.15, -0.1) is 0 Å². The third-order valence-electron chi connectivity index (χ3n) is 25.4. The molecular weight excluding hydrogens is 1730 g/mol. The molecule has 8 atom stereocenters.